The van der Waals surface area contributed by atoms with Gasteiger partial charge in [-0.2, -0.15) is 0 Å². The lowest BCUT2D eigenvalue weighted by molar-refractivity contribution is -0.118. The van der Waals surface area contributed by atoms with E-state index in [1.165, 1.54) is 17.3 Å². The Kier molecular flexibility index (Phi) is 7.01. The molecule has 5 nitrogen and oxygen atoms in total. The minimum atomic E-state index is -0.0284. The standard InChI is InChI=1S/C19H23NO4S/c1-13-5-7-15(8-6-13)25-12-18(21)20-11-14-9-16(22-2)19(24-4)17(10-14)23-3/h5-10H,11-12H2,1-4H3,(H,20,21). The molecule has 1 N–H and O–H groups in total. The van der Waals surface area contributed by atoms with Crippen molar-refractivity contribution in [3.63, 3.8) is 0 Å². The molecule has 0 radical (unpaired) electrons. The average molecular weight is 361 g/mol. The van der Waals surface area contributed by atoms with E-state index in [0.29, 0.717) is 29.5 Å². The van der Waals surface area contributed by atoms with Crippen LogP contribution in [0, 0.1) is 6.92 Å². The van der Waals surface area contributed by atoms with Crippen molar-refractivity contribution in [2.75, 3.05) is 27.1 Å². The summed E-state index contributed by atoms with van der Waals surface area (Å²) in [5.74, 6) is 2.02. The van der Waals surface area contributed by atoms with Crippen LogP contribution in [0.3, 0.4) is 0 Å². The Balaban J connectivity index is 1.93. The van der Waals surface area contributed by atoms with Gasteiger partial charge in [0.05, 0.1) is 27.1 Å². The topological polar surface area (TPSA) is 56.8 Å². The van der Waals surface area contributed by atoms with E-state index in [9.17, 15) is 4.79 Å². The molecule has 0 saturated heterocycles. The molecule has 6 heteroatoms. The monoisotopic (exact) mass is 361 g/mol. The smallest absolute Gasteiger partial charge is 0.230 e. The van der Waals surface area contributed by atoms with Gasteiger partial charge >= 0.3 is 0 Å². The molecule has 0 aromatic heterocycles. The predicted octanol–water partition coefficient (Wildman–Crippen LogP) is 3.43. The molecule has 134 valence electrons. The van der Waals surface area contributed by atoms with Gasteiger partial charge in [0.15, 0.2) is 11.5 Å². The van der Waals surface area contributed by atoms with E-state index < -0.39 is 0 Å². The van der Waals surface area contributed by atoms with E-state index >= 15 is 0 Å². The third kappa shape index (κ3) is 5.32. The summed E-state index contributed by atoms with van der Waals surface area (Å²) in [7, 11) is 4.69. The molecule has 0 fully saturated rings. The minimum Gasteiger partial charge on any atom is -0.493 e. The molecule has 0 spiro atoms. The normalized spacial score (nSPS) is 10.2. The molecule has 0 atom stereocenters. The van der Waals surface area contributed by atoms with Crippen LogP contribution in [0.5, 0.6) is 17.2 Å². The second-order valence-electron chi connectivity index (χ2n) is 5.41. The van der Waals surface area contributed by atoms with Crippen LogP contribution < -0.4 is 19.5 Å². The largest absolute Gasteiger partial charge is 0.493 e. The van der Waals surface area contributed by atoms with Crippen molar-refractivity contribution >= 4 is 17.7 Å². The molecule has 1 amide bonds. The summed E-state index contributed by atoms with van der Waals surface area (Å²) in [5.41, 5.74) is 2.08. The molecule has 0 heterocycles. The fourth-order valence-electron chi connectivity index (χ4n) is 2.27. The predicted molar refractivity (Wildman–Crippen MR) is 99.8 cm³/mol. The summed E-state index contributed by atoms with van der Waals surface area (Å²) in [6, 6.07) is 11.8. The highest BCUT2D eigenvalue weighted by Crippen LogP contribution is 2.38. The number of carbonyl (C=O) groups is 1. The van der Waals surface area contributed by atoms with Gasteiger partial charge in [0.2, 0.25) is 11.7 Å². The molecular weight excluding hydrogens is 338 g/mol. The summed E-state index contributed by atoms with van der Waals surface area (Å²) in [6.07, 6.45) is 0. The van der Waals surface area contributed by atoms with Crippen molar-refractivity contribution < 1.29 is 19.0 Å². The van der Waals surface area contributed by atoms with Crippen LogP contribution in [-0.4, -0.2) is 33.0 Å². The molecule has 0 aliphatic rings. The van der Waals surface area contributed by atoms with E-state index in [2.05, 4.69) is 5.32 Å². The third-order valence-corrected chi connectivity index (χ3v) is 4.62. The molecule has 0 bridgehead atoms. The highest BCUT2D eigenvalue weighted by Gasteiger charge is 2.13. The van der Waals surface area contributed by atoms with E-state index in [4.69, 9.17) is 14.2 Å². The first-order valence-corrected chi connectivity index (χ1v) is 8.81. The number of hydrogen-bond donors (Lipinski definition) is 1. The molecule has 0 saturated carbocycles. The summed E-state index contributed by atoms with van der Waals surface area (Å²) in [4.78, 5) is 13.1. The fourth-order valence-corrected chi connectivity index (χ4v) is 3.00. The van der Waals surface area contributed by atoms with Gasteiger partial charge in [-0.1, -0.05) is 17.7 Å². The maximum atomic E-state index is 12.1. The van der Waals surface area contributed by atoms with E-state index in [1.54, 1.807) is 21.3 Å². The zero-order valence-electron chi connectivity index (χ0n) is 14.9. The number of carbonyl (C=O) groups excluding carboxylic acids is 1. The number of benzene rings is 2. The Morgan fingerprint density at radius 1 is 1.00 bits per heavy atom. The van der Waals surface area contributed by atoms with Crippen LogP contribution in [0.2, 0.25) is 0 Å². The van der Waals surface area contributed by atoms with Gasteiger partial charge in [0.1, 0.15) is 0 Å². The fraction of sp³-hybridized carbons (Fsp3) is 0.316. The molecule has 2 aromatic carbocycles. The number of nitrogens with one attached hydrogen (secondary N) is 1. The molecule has 25 heavy (non-hydrogen) atoms. The molecule has 0 unspecified atom stereocenters. The Morgan fingerprint density at radius 2 is 1.60 bits per heavy atom. The highest BCUT2D eigenvalue weighted by molar-refractivity contribution is 8.00. The molecular formula is C19H23NO4S. The van der Waals surface area contributed by atoms with Gasteiger partial charge in [-0.3, -0.25) is 4.79 Å². The summed E-state index contributed by atoms with van der Waals surface area (Å²) in [6.45, 7) is 2.43. The summed E-state index contributed by atoms with van der Waals surface area (Å²) in [5, 5.41) is 2.91. The van der Waals surface area contributed by atoms with Crippen molar-refractivity contribution in [2.24, 2.45) is 0 Å². The second-order valence-corrected chi connectivity index (χ2v) is 6.46. The molecule has 0 aliphatic heterocycles. The van der Waals surface area contributed by atoms with Crippen molar-refractivity contribution in [3.05, 3.63) is 47.5 Å². The number of thioether (sulfide) groups is 1. The van der Waals surface area contributed by atoms with E-state index in [-0.39, 0.29) is 5.91 Å². The lowest BCUT2D eigenvalue weighted by Crippen LogP contribution is -2.24. The van der Waals surface area contributed by atoms with Gasteiger partial charge < -0.3 is 19.5 Å². The number of ether oxygens (including phenoxy) is 3. The molecule has 0 aliphatic carbocycles. The van der Waals surface area contributed by atoms with Gasteiger partial charge in [-0.15, -0.1) is 11.8 Å². The Labute approximate surface area is 152 Å². The zero-order chi connectivity index (χ0) is 18.2. The SMILES string of the molecule is COc1cc(CNC(=O)CSc2ccc(C)cc2)cc(OC)c1OC. The molecule has 2 aromatic rings. The van der Waals surface area contributed by atoms with Crippen LogP contribution in [0.25, 0.3) is 0 Å². The number of methoxy groups -OCH3 is 3. The first kappa shape index (κ1) is 19.0. The van der Waals surface area contributed by atoms with Crippen LogP contribution in [0.4, 0.5) is 0 Å². The molecule has 2 rings (SSSR count). The van der Waals surface area contributed by atoms with Crippen LogP contribution >= 0.6 is 11.8 Å². The Morgan fingerprint density at radius 3 is 2.12 bits per heavy atom. The van der Waals surface area contributed by atoms with Crippen molar-refractivity contribution in [1.29, 1.82) is 0 Å². The maximum Gasteiger partial charge on any atom is 0.230 e. The van der Waals surface area contributed by atoms with Gasteiger partial charge in [-0.05, 0) is 36.8 Å². The average Bonchev–Trinajstić information content (AvgIpc) is 2.64. The third-order valence-electron chi connectivity index (χ3n) is 3.61. The van der Waals surface area contributed by atoms with Crippen molar-refractivity contribution in [3.8, 4) is 17.2 Å². The van der Waals surface area contributed by atoms with Gasteiger partial charge in [-0.25, -0.2) is 0 Å². The van der Waals surface area contributed by atoms with Crippen molar-refractivity contribution in [2.45, 2.75) is 18.4 Å². The van der Waals surface area contributed by atoms with Crippen molar-refractivity contribution in [1.82, 2.24) is 5.32 Å². The van der Waals surface area contributed by atoms with Crippen LogP contribution in [0.15, 0.2) is 41.3 Å². The van der Waals surface area contributed by atoms with Crippen LogP contribution in [-0.2, 0) is 11.3 Å². The lowest BCUT2D eigenvalue weighted by Gasteiger charge is -2.14. The maximum absolute atomic E-state index is 12.1. The van der Waals surface area contributed by atoms with Crippen LogP contribution in [0.1, 0.15) is 11.1 Å². The number of aryl methyl sites for hydroxylation is 1. The second kappa shape index (κ2) is 9.22. The lowest BCUT2D eigenvalue weighted by atomic mass is 10.2. The zero-order valence-corrected chi connectivity index (χ0v) is 15.7. The quantitative estimate of drug-likeness (QED) is 0.730. The summed E-state index contributed by atoms with van der Waals surface area (Å²) >= 11 is 1.51. The number of hydrogen-bond acceptors (Lipinski definition) is 5. The van der Waals surface area contributed by atoms with Gasteiger partial charge in [0, 0.05) is 11.4 Å². The summed E-state index contributed by atoms with van der Waals surface area (Å²) < 4.78 is 15.9. The first-order chi connectivity index (χ1) is 12.1. The first-order valence-electron chi connectivity index (χ1n) is 7.82. The Hall–Kier alpha value is -2.34. The minimum absolute atomic E-state index is 0.0284. The van der Waals surface area contributed by atoms with E-state index in [0.717, 1.165) is 10.5 Å². The number of amides is 1. The van der Waals surface area contributed by atoms with Gasteiger partial charge in [0.25, 0.3) is 0 Å². The number of rotatable bonds is 8. The van der Waals surface area contributed by atoms with E-state index in [1.807, 2.05) is 43.3 Å². The Bertz CT molecular complexity index is 691. The highest BCUT2D eigenvalue weighted by atomic mass is 32.2.